The summed E-state index contributed by atoms with van der Waals surface area (Å²) in [6, 6.07) is 0. The summed E-state index contributed by atoms with van der Waals surface area (Å²) in [4.78, 5) is 0. The summed E-state index contributed by atoms with van der Waals surface area (Å²) in [5.74, 6) is 0.880. The Labute approximate surface area is 73.0 Å². The van der Waals surface area contributed by atoms with Gasteiger partial charge in [-0.1, -0.05) is 25.3 Å². The Bertz CT molecular complexity index is 291. The molecule has 1 rings (SSSR count). The van der Waals surface area contributed by atoms with Gasteiger partial charge >= 0.3 is 12.0 Å². The molecular weight excluding hydrogens is 148 g/mol. The lowest BCUT2D eigenvalue weighted by Crippen LogP contribution is -1.89. The van der Waals surface area contributed by atoms with Crippen molar-refractivity contribution >= 4 is 12.2 Å². The summed E-state index contributed by atoms with van der Waals surface area (Å²) in [7, 11) is 0. The van der Waals surface area contributed by atoms with Crippen molar-refractivity contribution in [3.63, 3.8) is 0 Å². The lowest BCUT2D eigenvalue weighted by Gasteiger charge is -1.98. The first-order valence-corrected chi connectivity index (χ1v) is 3.87. The van der Waals surface area contributed by atoms with Crippen molar-refractivity contribution in [3.05, 3.63) is 41.9 Å². The predicted molar refractivity (Wildman–Crippen MR) is 52.8 cm³/mol. The molecule has 0 aromatic carbocycles. The predicted octanol–water partition coefficient (Wildman–Crippen LogP) is 3.46. The molecule has 0 saturated heterocycles. The van der Waals surface area contributed by atoms with E-state index in [1.807, 2.05) is 19.9 Å². The summed E-state index contributed by atoms with van der Waals surface area (Å²) in [5, 5.41) is 0. The second kappa shape index (κ2) is 3.35. The first-order chi connectivity index (χ1) is 5.70. The van der Waals surface area contributed by atoms with Gasteiger partial charge in [-0.05, 0) is 6.92 Å². The lowest BCUT2D eigenvalue weighted by molar-refractivity contribution is 0.510. The molecule has 0 spiro atoms. The van der Waals surface area contributed by atoms with Crippen molar-refractivity contribution in [1.82, 2.24) is 0 Å². The zero-order valence-electron chi connectivity index (χ0n) is 7.55. The molecule has 62 valence electrons. The Morgan fingerprint density at radius 1 is 1.17 bits per heavy atom. The highest BCUT2D eigenvalue weighted by molar-refractivity contribution is 5.66. The van der Waals surface area contributed by atoms with Crippen LogP contribution in [-0.2, 0) is 0 Å². The molecule has 0 bridgehead atoms. The molecule has 0 saturated carbocycles. The van der Waals surface area contributed by atoms with Crippen LogP contribution in [0.15, 0.2) is 23.8 Å². The van der Waals surface area contributed by atoms with Gasteiger partial charge in [-0.15, -0.1) is 0 Å². The molecule has 1 aromatic heterocycles. The Hall–Kier alpha value is -1.37. The molecule has 0 N–H and O–H groups in total. The largest absolute Gasteiger partial charge is 0.333 e. The van der Waals surface area contributed by atoms with Crippen molar-refractivity contribution in [2.45, 2.75) is 13.8 Å². The van der Waals surface area contributed by atoms with Crippen molar-refractivity contribution < 1.29 is 4.42 Å². The van der Waals surface area contributed by atoms with Crippen LogP contribution in [0.2, 0.25) is 0 Å². The van der Waals surface area contributed by atoms with Gasteiger partial charge in [0.1, 0.15) is 0 Å². The molecular formula is C11H13O+. The van der Waals surface area contributed by atoms with Gasteiger partial charge in [-0.25, -0.2) is 4.42 Å². The third-order valence-electron chi connectivity index (χ3n) is 1.92. The fraction of sp³-hybridized carbons (Fsp3) is 0.182. The van der Waals surface area contributed by atoms with Gasteiger partial charge in [-0.3, -0.25) is 0 Å². The van der Waals surface area contributed by atoms with Crippen LogP contribution in [-0.4, -0.2) is 0 Å². The molecule has 0 unspecified atom stereocenters. The van der Waals surface area contributed by atoms with Gasteiger partial charge in [-0.2, -0.15) is 0 Å². The van der Waals surface area contributed by atoms with Crippen LogP contribution in [0.1, 0.15) is 22.5 Å². The van der Waals surface area contributed by atoms with Crippen LogP contribution in [0.4, 0.5) is 0 Å². The summed E-state index contributed by atoms with van der Waals surface area (Å²) in [5.41, 5.74) is 3.23. The molecule has 0 amide bonds. The first kappa shape index (κ1) is 8.72. The average molecular weight is 161 g/mol. The van der Waals surface area contributed by atoms with Crippen molar-refractivity contribution in [2.75, 3.05) is 0 Å². The lowest BCUT2D eigenvalue weighted by atomic mass is 10.0. The number of rotatable bonds is 2. The molecule has 0 aliphatic heterocycles. The second-order valence-electron chi connectivity index (χ2n) is 2.71. The van der Waals surface area contributed by atoms with E-state index in [4.69, 9.17) is 4.42 Å². The summed E-state index contributed by atoms with van der Waals surface area (Å²) in [6.45, 7) is 11.4. The number of hydrogen-bond donors (Lipinski definition) is 0. The van der Waals surface area contributed by atoms with Crippen molar-refractivity contribution in [3.8, 4) is 0 Å². The van der Waals surface area contributed by atoms with Crippen LogP contribution in [0, 0.1) is 13.8 Å². The maximum atomic E-state index is 5.30. The van der Waals surface area contributed by atoms with E-state index < -0.39 is 0 Å². The minimum Gasteiger partial charge on any atom is -0.220 e. The fourth-order valence-corrected chi connectivity index (χ4v) is 1.23. The third-order valence-corrected chi connectivity index (χ3v) is 1.92. The van der Waals surface area contributed by atoms with Gasteiger partial charge in [0.05, 0.1) is 18.1 Å². The highest BCUT2D eigenvalue weighted by Gasteiger charge is 2.12. The third kappa shape index (κ3) is 1.30. The molecule has 1 aromatic rings. The maximum absolute atomic E-state index is 5.30. The molecule has 12 heavy (non-hydrogen) atoms. The van der Waals surface area contributed by atoms with Crippen LogP contribution >= 0.6 is 0 Å². The molecule has 1 heterocycles. The summed E-state index contributed by atoms with van der Waals surface area (Å²) in [6.07, 6.45) is 5.36. The molecule has 1 heteroatoms. The quantitative estimate of drug-likeness (QED) is 0.604. The Balaban J connectivity index is 3.48. The van der Waals surface area contributed by atoms with E-state index in [1.54, 1.807) is 12.3 Å². The van der Waals surface area contributed by atoms with Crippen LogP contribution in [0.5, 0.6) is 0 Å². The van der Waals surface area contributed by atoms with Gasteiger partial charge < -0.3 is 0 Å². The van der Waals surface area contributed by atoms with E-state index in [-0.39, 0.29) is 0 Å². The van der Waals surface area contributed by atoms with Gasteiger partial charge in [0.2, 0.25) is 0 Å². The van der Waals surface area contributed by atoms with E-state index in [1.165, 1.54) is 0 Å². The topological polar surface area (TPSA) is 11.3 Å². The first-order valence-electron chi connectivity index (χ1n) is 3.87. The molecule has 0 aliphatic carbocycles. The van der Waals surface area contributed by atoms with Gasteiger partial charge in [0.25, 0.3) is 0 Å². The molecule has 0 aliphatic rings. The fourth-order valence-electron chi connectivity index (χ4n) is 1.23. The Kier molecular flexibility index (Phi) is 2.44. The smallest absolute Gasteiger partial charge is 0.220 e. The van der Waals surface area contributed by atoms with E-state index in [2.05, 4.69) is 13.2 Å². The molecule has 0 atom stereocenters. The Morgan fingerprint density at radius 2 is 1.75 bits per heavy atom. The second-order valence-corrected chi connectivity index (χ2v) is 2.71. The minimum absolute atomic E-state index is 0.880. The van der Waals surface area contributed by atoms with Crippen molar-refractivity contribution in [2.24, 2.45) is 0 Å². The van der Waals surface area contributed by atoms with Crippen LogP contribution < -0.4 is 0 Å². The Morgan fingerprint density at radius 3 is 2.17 bits per heavy atom. The van der Waals surface area contributed by atoms with E-state index >= 15 is 0 Å². The highest BCUT2D eigenvalue weighted by atomic mass is 16.3. The zero-order valence-corrected chi connectivity index (χ0v) is 7.55. The van der Waals surface area contributed by atoms with Crippen LogP contribution in [0.25, 0.3) is 12.2 Å². The average Bonchev–Trinajstić information content (AvgIpc) is 2.08. The molecule has 0 fully saturated rings. The van der Waals surface area contributed by atoms with Gasteiger partial charge in [0.15, 0.2) is 0 Å². The summed E-state index contributed by atoms with van der Waals surface area (Å²) >= 11 is 0. The zero-order chi connectivity index (χ0) is 9.14. The van der Waals surface area contributed by atoms with E-state index in [0.717, 1.165) is 22.5 Å². The number of hydrogen-bond acceptors (Lipinski definition) is 0. The van der Waals surface area contributed by atoms with Crippen molar-refractivity contribution in [1.29, 1.82) is 0 Å². The maximum Gasteiger partial charge on any atom is 0.333 e. The standard InChI is InChI=1S/C11H13O/c1-5-10-8(3)7-12-9(4)11(10)6-2/h5-7H,1-2H2,3-4H3/q+1. The molecule has 1 nitrogen and oxygen atoms in total. The normalized spacial score (nSPS) is 9.50. The highest BCUT2D eigenvalue weighted by Crippen LogP contribution is 2.20. The van der Waals surface area contributed by atoms with Crippen LogP contribution in [0.3, 0.4) is 0 Å². The van der Waals surface area contributed by atoms with E-state index in [9.17, 15) is 0 Å². The monoisotopic (exact) mass is 161 g/mol. The SMILES string of the molecule is C=Cc1c(C)c[o+]c(C)c1C=C. The number of aryl methyl sites for hydroxylation is 2. The molecule has 0 radical (unpaired) electrons. The summed E-state index contributed by atoms with van der Waals surface area (Å²) < 4.78 is 5.30. The van der Waals surface area contributed by atoms with E-state index in [0.29, 0.717) is 0 Å². The van der Waals surface area contributed by atoms with Gasteiger partial charge in [0, 0.05) is 5.56 Å². The minimum atomic E-state index is 0.880.